The lowest BCUT2D eigenvalue weighted by Gasteiger charge is -2.27. The number of nitrogen functional groups attached to an aromatic ring is 1. The Hall–Kier alpha value is -3.35. The second-order valence-corrected chi connectivity index (χ2v) is 7.73. The van der Waals surface area contributed by atoms with Gasteiger partial charge in [-0.2, -0.15) is 0 Å². The van der Waals surface area contributed by atoms with Gasteiger partial charge in [0.25, 0.3) is 5.91 Å². The van der Waals surface area contributed by atoms with Crippen molar-refractivity contribution in [3.8, 4) is 5.75 Å². The maximum absolute atomic E-state index is 12.9. The molecule has 2 amide bonds. The number of ether oxygens (including phenoxy) is 1. The molecule has 0 aliphatic carbocycles. The molecule has 1 aliphatic heterocycles. The minimum Gasteiger partial charge on any atom is -0.481 e. The third-order valence-corrected chi connectivity index (χ3v) is 5.31. The van der Waals surface area contributed by atoms with Gasteiger partial charge < -0.3 is 20.7 Å². The molecule has 0 saturated carbocycles. The standard InChI is InChI=1S/C24H30N4O3/c1-2-3-9-21(31-20-8-6-7-17(16-20)23(25)26)24(30)27-18-11-13-19(14-12-18)28-15-5-4-10-22(28)29/h6-8,11-14,16,21H,2-5,9-10,15H2,1H3,(H3,25,26)(H,27,30). The molecule has 0 radical (unpaired) electrons. The van der Waals surface area contributed by atoms with E-state index in [-0.39, 0.29) is 17.6 Å². The Morgan fingerprint density at radius 3 is 2.68 bits per heavy atom. The summed E-state index contributed by atoms with van der Waals surface area (Å²) in [5.41, 5.74) is 7.61. The van der Waals surface area contributed by atoms with Crippen molar-refractivity contribution in [1.29, 1.82) is 5.41 Å². The fourth-order valence-electron chi connectivity index (χ4n) is 3.56. The van der Waals surface area contributed by atoms with Crippen LogP contribution in [-0.4, -0.2) is 30.3 Å². The third kappa shape index (κ3) is 6.07. The molecule has 1 unspecified atom stereocenters. The second-order valence-electron chi connectivity index (χ2n) is 7.73. The monoisotopic (exact) mass is 422 g/mol. The number of hydrogen-bond donors (Lipinski definition) is 3. The van der Waals surface area contributed by atoms with Crippen molar-refractivity contribution in [2.24, 2.45) is 5.73 Å². The van der Waals surface area contributed by atoms with Gasteiger partial charge in [0, 0.05) is 29.9 Å². The number of nitrogens with one attached hydrogen (secondary N) is 2. The second kappa shape index (κ2) is 10.6. The van der Waals surface area contributed by atoms with Crippen LogP contribution >= 0.6 is 0 Å². The molecule has 0 spiro atoms. The van der Waals surface area contributed by atoms with Crippen molar-refractivity contribution >= 4 is 29.0 Å². The van der Waals surface area contributed by atoms with Gasteiger partial charge in [0.2, 0.25) is 5.91 Å². The SMILES string of the molecule is CCCCC(Oc1cccc(C(=N)N)c1)C(=O)Nc1ccc(N2CCCCC2=O)cc1. The van der Waals surface area contributed by atoms with Gasteiger partial charge in [-0.15, -0.1) is 0 Å². The van der Waals surface area contributed by atoms with Crippen LogP contribution in [0.1, 0.15) is 51.0 Å². The Kier molecular flexibility index (Phi) is 7.65. The number of nitrogens with zero attached hydrogens (tertiary/aromatic N) is 1. The smallest absolute Gasteiger partial charge is 0.265 e. The van der Waals surface area contributed by atoms with E-state index in [0.717, 1.165) is 37.9 Å². The molecule has 0 aromatic heterocycles. The summed E-state index contributed by atoms with van der Waals surface area (Å²) >= 11 is 0. The molecule has 2 aromatic rings. The van der Waals surface area contributed by atoms with E-state index in [1.54, 1.807) is 29.2 Å². The van der Waals surface area contributed by atoms with Crippen LogP contribution in [0, 0.1) is 5.41 Å². The van der Waals surface area contributed by atoms with E-state index in [4.69, 9.17) is 15.9 Å². The van der Waals surface area contributed by atoms with Crippen LogP contribution in [0.4, 0.5) is 11.4 Å². The zero-order valence-electron chi connectivity index (χ0n) is 17.9. The Labute approximate surface area is 183 Å². The number of carbonyl (C=O) groups excluding carboxylic acids is 2. The van der Waals surface area contributed by atoms with Gasteiger partial charge >= 0.3 is 0 Å². The van der Waals surface area contributed by atoms with Gasteiger partial charge in [-0.1, -0.05) is 25.5 Å². The fraction of sp³-hybridized carbons (Fsp3) is 0.375. The van der Waals surface area contributed by atoms with Crippen LogP contribution in [0.25, 0.3) is 0 Å². The molecule has 1 aliphatic rings. The number of piperidine rings is 1. The number of benzene rings is 2. The van der Waals surface area contributed by atoms with Gasteiger partial charge in [-0.05, 0) is 62.1 Å². The number of rotatable bonds is 9. The Morgan fingerprint density at radius 2 is 2.00 bits per heavy atom. The Balaban J connectivity index is 1.68. The molecule has 164 valence electrons. The molecular formula is C24H30N4O3. The molecule has 1 fully saturated rings. The molecule has 4 N–H and O–H groups in total. The minimum atomic E-state index is -0.662. The molecule has 7 heteroatoms. The molecule has 0 bridgehead atoms. The lowest BCUT2D eigenvalue weighted by atomic mass is 10.1. The lowest BCUT2D eigenvalue weighted by molar-refractivity contribution is -0.123. The summed E-state index contributed by atoms with van der Waals surface area (Å²) < 4.78 is 5.96. The van der Waals surface area contributed by atoms with Crippen molar-refractivity contribution in [1.82, 2.24) is 0 Å². The average molecular weight is 423 g/mol. The molecule has 7 nitrogen and oxygen atoms in total. The molecule has 1 saturated heterocycles. The van der Waals surface area contributed by atoms with Crippen molar-refractivity contribution in [2.75, 3.05) is 16.8 Å². The zero-order valence-corrected chi connectivity index (χ0v) is 17.9. The highest BCUT2D eigenvalue weighted by atomic mass is 16.5. The predicted octanol–water partition coefficient (Wildman–Crippen LogP) is 4.06. The summed E-state index contributed by atoms with van der Waals surface area (Å²) in [7, 11) is 0. The van der Waals surface area contributed by atoms with E-state index in [9.17, 15) is 9.59 Å². The van der Waals surface area contributed by atoms with E-state index in [1.807, 2.05) is 24.3 Å². The van der Waals surface area contributed by atoms with E-state index in [1.165, 1.54) is 0 Å². The lowest BCUT2D eigenvalue weighted by Crippen LogP contribution is -2.35. The molecule has 31 heavy (non-hydrogen) atoms. The van der Waals surface area contributed by atoms with Crippen molar-refractivity contribution in [2.45, 2.75) is 51.6 Å². The number of hydrogen-bond acceptors (Lipinski definition) is 4. The average Bonchev–Trinajstić information content (AvgIpc) is 2.77. The summed E-state index contributed by atoms with van der Waals surface area (Å²) in [6.45, 7) is 2.79. The minimum absolute atomic E-state index is 0.0488. The first-order valence-corrected chi connectivity index (χ1v) is 10.8. The molecular weight excluding hydrogens is 392 g/mol. The first kappa shape index (κ1) is 22.3. The number of unbranched alkanes of at least 4 members (excludes halogenated alkanes) is 1. The first-order valence-electron chi connectivity index (χ1n) is 10.8. The fourth-order valence-corrected chi connectivity index (χ4v) is 3.56. The molecule has 1 atom stereocenters. The number of anilines is 2. The van der Waals surface area contributed by atoms with Gasteiger partial charge in [-0.25, -0.2) is 0 Å². The quantitative estimate of drug-likeness (QED) is 0.418. The van der Waals surface area contributed by atoms with Crippen LogP contribution in [0.15, 0.2) is 48.5 Å². The number of amides is 2. The molecule has 1 heterocycles. The molecule has 3 rings (SSSR count). The van der Waals surface area contributed by atoms with Gasteiger partial charge in [0.15, 0.2) is 6.10 Å². The van der Waals surface area contributed by atoms with Crippen LogP contribution in [0.3, 0.4) is 0 Å². The Morgan fingerprint density at radius 1 is 1.23 bits per heavy atom. The van der Waals surface area contributed by atoms with E-state index in [0.29, 0.717) is 29.8 Å². The van der Waals surface area contributed by atoms with Crippen molar-refractivity contribution in [3.63, 3.8) is 0 Å². The highest BCUT2D eigenvalue weighted by molar-refractivity contribution is 5.97. The highest BCUT2D eigenvalue weighted by Crippen LogP contribution is 2.23. The van der Waals surface area contributed by atoms with E-state index in [2.05, 4.69) is 12.2 Å². The van der Waals surface area contributed by atoms with Crippen molar-refractivity contribution < 1.29 is 14.3 Å². The summed E-state index contributed by atoms with van der Waals surface area (Å²) in [6.07, 6.45) is 4.24. The zero-order chi connectivity index (χ0) is 22.2. The maximum Gasteiger partial charge on any atom is 0.265 e. The van der Waals surface area contributed by atoms with Crippen molar-refractivity contribution in [3.05, 3.63) is 54.1 Å². The number of amidine groups is 1. The summed E-state index contributed by atoms with van der Waals surface area (Å²) in [6, 6.07) is 14.2. The third-order valence-electron chi connectivity index (χ3n) is 5.31. The van der Waals surface area contributed by atoms with Gasteiger partial charge in [-0.3, -0.25) is 15.0 Å². The van der Waals surface area contributed by atoms with Gasteiger partial charge in [0.05, 0.1) is 0 Å². The van der Waals surface area contributed by atoms with Crippen LogP contribution in [0.5, 0.6) is 5.75 Å². The maximum atomic E-state index is 12.9. The Bertz CT molecular complexity index is 927. The number of carbonyl (C=O) groups is 2. The van der Waals surface area contributed by atoms with Crippen LogP contribution < -0.4 is 20.7 Å². The molecule has 2 aromatic carbocycles. The van der Waals surface area contributed by atoms with Crippen LogP contribution in [-0.2, 0) is 9.59 Å². The van der Waals surface area contributed by atoms with Gasteiger partial charge in [0.1, 0.15) is 11.6 Å². The predicted molar refractivity (Wildman–Crippen MR) is 123 cm³/mol. The summed E-state index contributed by atoms with van der Waals surface area (Å²) in [4.78, 5) is 26.8. The topological polar surface area (TPSA) is 109 Å². The number of nitrogens with two attached hydrogens (primary N) is 1. The summed E-state index contributed by atoms with van der Waals surface area (Å²) in [5.74, 6) is 0.363. The normalized spacial score (nSPS) is 14.7. The highest BCUT2D eigenvalue weighted by Gasteiger charge is 2.22. The first-order chi connectivity index (χ1) is 15.0. The summed E-state index contributed by atoms with van der Waals surface area (Å²) in [5, 5.41) is 10.5. The van der Waals surface area contributed by atoms with E-state index >= 15 is 0 Å². The largest absolute Gasteiger partial charge is 0.481 e. The van der Waals surface area contributed by atoms with E-state index < -0.39 is 6.10 Å². The van der Waals surface area contributed by atoms with Crippen LogP contribution in [0.2, 0.25) is 0 Å².